The molecular weight excluding hydrogens is 379 g/mol. The molecule has 0 spiro atoms. The molecule has 0 bridgehead atoms. The van der Waals surface area contributed by atoms with Crippen LogP contribution in [0.1, 0.15) is 33.2 Å². The van der Waals surface area contributed by atoms with E-state index in [1.54, 1.807) is 0 Å². The number of nitrogens with zero attached hydrogens (tertiary/aromatic N) is 1. The predicted octanol–water partition coefficient (Wildman–Crippen LogP) is 6.07. The molecule has 5 heteroatoms. The standard InChI is InChI=1S/C22H18Cl2N2O/c1-14-10-11-16(23)12-20(14)25-21-17-7-3-4-8-18(17)22(27)26(21)13-15-6-2-5-9-19(15)24/h2-12,21,25H,13H2,1H3. The zero-order chi connectivity index (χ0) is 19.0. The Labute approximate surface area is 168 Å². The van der Waals surface area contributed by atoms with Gasteiger partial charge in [0, 0.05) is 33.4 Å². The van der Waals surface area contributed by atoms with Crippen LogP contribution in [0.5, 0.6) is 0 Å². The fourth-order valence-electron chi connectivity index (χ4n) is 3.40. The monoisotopic (exact) mass is 396 g/mol. The van der Waals surface area contributed by atoms with E-state index < -0.39 is 0 Å². The minimum Gasteiger partial charge on any atom is -0.361 e. The number of anilines is 1. The summed E-state index contributed by atoms with van der Waals surface area (Å²) in [4.78, 5) is 14.9. The summed E-state index contributed by atoms with van der Waals surface area (Å²) >= 11 is 12.5. The first-order valence-electron chi connectivity index (χ1n) is 8.70. The van der Waals surface area contributed by atoms with Gasteiger partial charge in [-0.2, -0.15) is 0 Å². The number of carbonyl (C=O) groups excluding carboxylic acids is 1. The molecule has 27 heavy (non-hydrogen) atoms. The van der Waals surface area contributed by atoms with Crippen LogP contribution in [-0.2, 0) is 6.54 Å². The maximum Gasteiger partial charge on any atom is 0.256 e. The van der Waals surface area contributed by atoms with E-state index in [9.17, 15) is 4.79 Å². The van der Waals surface area contributed by atoms with E-state index in [0.717, 1.165) is 22.4 Å². The number of hydrogen-bond donors (Lipinski definition) is 1. The zero-order valence-electron chi connectivity index (χ0n) is 14.7. The number of carbonyl (C=O) groups is 1. The van der Waals surface area contributed by atoms with Crippen LogP contribution in [0.4, 0.5) is 5.69 Å². The van der Waals surface area contributed by atoms with Gasteiger partial charge in [-0.05, 0) is 42.3 Å². The Kier molecular flexibility index (Phi) is 4.81. The highest BCUT2D eigenvalue weighted by molar-refractivity contribution is 6.31. The Bertz CT molecular complexity index is 1020. The second-order valence-electron chi connectivity index (χ2n) is 6.62. The van der Waals surface area contributed by atoms with E-state index in [4.69, 9.17) is 23.2 Å². The van der Waals surface area contributed by atoms with Crippen molar-refractivity contribution in [3.63, 3.8) is 0 Å². The Morgan fingerprint density at radius 2 is 1.74 bits per heavy atom. The average molecular weight is 397 g/mol. The summed E-state index contributed by atoms with van der Waals surface area (Å²) in [5.41, 5.74) is 4.54. The summed E-state index contributed by atoms with van der Waals surface area (Å²) in [6.07, 6.45) is -0.290. The van der Waals surface area contributed by atoms with Crippen LogP contribution >= 0.6 is 23.2 Å². The van der Waals surface area contributed by atoms with Gasteiger partial charge >= 0.3 is 0 Å². The number of hydrogen-bond acceptors (Lipinski definition) is 2. The molecule has 1 aliphatic heterocycles. The average Bonchev–Trinajstić information content (AvgIpc) is 2.92. The molecule has 1 heterocycles. The van der Waals surface area contributed by atoms with Gasteiger partial charge in [-0.15, -0.1) is 0 Å². The molecule has 0 radical (unpaired) electrons. The normalized spacial score (nSPS) is 15.7. The lowest BCUT2D eigenvalue weighted by Crippen LogP contribution is -2.32. The smallest absolute Gasteiger partial charge is 0.256 e. The van der Waals surface area contributed by atoms with Crippen LogP contribution in [0.3, 0.4) is 0 Å². The van der Waals surface area contributed by atoms with Gasteiger partial charge in [0.1, 0.15) is 6.17 Å². The first-order chi connectivity index (χ1) is 13.0. The fraction of sp³-hybridized carbons (Fsp3) is 0.136. The molecule has 136 valence electrons. The van der Waals surface area contributed by atoms with Gasteiger partial charge in [0.15, 0.2) is 0 Å². The Morgan fingerprint density at radius 1 is 1.00 bits per heavy atom. The van der Waals surface area contributed by atoms with Crippen LogP contribution in [0, 0.1) is 6.92 Å². The van der Waals surface area contributed by atoms with Crippen molar-refractivity contribution < 1.29 is 4.79 Å². The fourth-order valence-corrected chi connectivity index (χ4v) is 3.76. The number of amides is 1. The molecule has 1 amide bonds. The van der Waals surface area contributed by atoms with Crippen LogP contribution in [0.15, 0.2) is 66.7 Å². The van der Waals surface area contributed by atoms with Gasteiger partial charge in [-0.1, -0.05) is 65.7 Å². The summed E-state index contributed by atoms with van der Waals surface area (Å²) in [7, 11) is 0. The highest BCUT2D eigenvalue weighted by Crippen LogP contribution is 2.37. The second kappa shape index (κ2) is 7.26. The van der Waals surface area contributed by atoms with Crippen molar-refractivity contribution in [1.82, 2.24) is 4.90 Å². The number of rotatable bonds is 4. The molecule has 0 saturated carbocycles. The van der Waals surface area contributed by atoms with Crippen molar-refractivity contribution in [2.45, 2.75) is 19.6 Å². The van der Waals surface area contributed by atoms with Crippen molar-refractivity contribution >= 4 is 34.8 Å². The van der Waals surface area contributed by atoms with Crippen LogP contribution in [0.25, 0.3) is 0 Å². The van der Waals surface area contributed by atoms with E-state index in [-0.39, 0.29) is 12.1 Å². The molecule has 3 aromatic rings. The second-order valence-corrected chi connectivity index (χ2v) is 7.46. The first kappa shape index (κ1) is 17.9. The van der Waals surface area contributed by atoms with Gasteiger partial charge in [-0.3, -0.25) is 4.79 Å². The molecule has 1 unspecified atom stereocenters. The number of benzene rings is 3. The van der Waals surface area contributed by atoms with Gasteiger partial charge < -0.3 is 10.2 Å². The van der Waals surface area contributed by atoms with Gasteiger partial charge in [0.2, 0.25) is 0 Å². The van der Waals surface area contributed by atoms with Crippen LogP contribution in [-0.4, -0.2) is 10.8 Å². The summed E-state index contributed by atoms with van der Waals surface area (Å²) in [6.45, 7) is 2.43. The lowest BCUT2D eigenvalue weighted by Gasteiger charge is -2.28. The number of aryl methyl sites for hydroxylation is 1. The zero-order valence-corrected chi connectivity index (χ0v) is 16.3. The predicted molar refractivity (Wildman–Crippen MR) is 110 cm³/mol. The summed E-state index contributed by atoms with van der Waals surface area (Å²) < 4.78 is 0. The van der Waals surface area contributed by atoms with Gasteiger partial charge in [0.05, 0.1) is 0 Å². The number of halogens is 2. The van der Waals surface area contributed by atoms with Crippen molar-refractivity contribution in [3.8, 4) is 0 Å². The van der Waals surface area contributed by atoms with Gasteiger partial charge in [-0.25, -0.2) is 0 Å². The van der Waals surface area contributed by atoms with Crippen LogP contribution in [0.2, 0.25) is 10.0 Å². The Balaban J connectivity index is 1.74. The summed E-state index contributed by atoms with van der Waals surface area (Å²) in [6, 6.07) is 21.0. The minimum atomic E-state index is -0.290. The maximum atomic E-state index is 13.1. The topological polar surface area (TPSA) is 32.3 Å². The summed E-state index contributed by atoms with van der Waals surface area (Å²) in [5, 5.41) is 4.81. The molecule has 0 saturated heterocycles. The van der Waals surface area contributed by atoms with Crippen molar-refractivity contribution in [2.24, 2.45) is 0 Å². The van der Waals surface area contributed by atoms with E-state index in [0.29, 0.717) is 22.2 Å². The molecule has 4 rings (SSSR count). The third-order valence-corrected chi connectivity index (χ3v) is 5.45. The Hall–Kier alpha value is -2.49. The first-order valence-corrected chi connectivity index (χ1v) is 9.46. The van der Waals surface area contributed by atoms with Crippen molar-refractivity contribution in [3.05, 3.63) is 99.0 Å². The number of nitrogens with one attached hydrogen (secondary N) is 1. The quantitative estimate of drug-likeness (QED) is 0.580. The van der Waals surface area contributed by atoms with Crippen molar-refractivity contribution in [2.75, 3.05) is 5.32 Å². The highest BCUT2D eigenvalue weighted by Gasteiger charge is 2.36. The Morgan fingerprint density at radius 3 is 2.56 bits per heavy atom. The number of fused-ring (bicyclic) bond motifs is 1. The molecular formula is C22H18Cl2N2O. The third kappa shape index (κ3) is 3.41. The lowest BCUT2D eigenvalue weighted by molar-refractivity contribution is 0.0729. The summed E-state index contributed by atoms with van der Waals surface area (Å²) in [5.74, 6) is -0.0114. The molecule has 0 fully saturated rings. The van der Waals surface area contributed by atoms with E-state index >= 15 is 0 Å². The maximum absolute atomic E-state index is 13.1. The van der Waals surface area contributed by atoms with Gasteiger partial charge in [0.25, 0.3) is 5.91 Å². The van der Waals surface area contributed by atoms with Crippen molar-refractivity contribution in [1.29, 1.82) is 0 Å². The van der Waals surface area contributed by atoms with Crippen LogP contribution < -0.4 is 5.32 Å². The third-order valence-electron chi connectivity index (χ3n) is 4.85. The molecule has 0 aliphatic carbocycles. The molecule has 0 aromatic heterocycles. The highest BCUT2D eigenvalue weighted by atomic mass is 35.5. The molecule has 1 N–H and O–H groups in total. The van der Waals surface area contributed by atoms with E-state index in [1.807, 2.05) is 78.6 Å². The molecule has 3 aromatic carbocycles. The largest absolute Gasteiger partial charge is 0.361 e. The molecule has 3 nitrogen and oxygen atoms in total. The SMILES string of the molecule is Cc1ccc(Cl)cc1NC1c2ccccc2C(=O)N1Cc1ccccc1Cl. The lowest BCUT2D eigenvalue weighted by atomic mass is 10.1. The minimum absolute atomic E-state index is 0.0114. The van der Waals surface area contributed by atoms with E-state index in [2.05, 4.69) is 5.32 Å². The molecule has 1 atom stereocenters. The van der Waals surface area contributed by atoms with E-state index in [1.165, 1.54) is 0 Å². The molecule has 1 aliphatic rings.